The van der Waals surface area contributed by atoms with E-state index in [-0.39, 0.29) is 18.2 Å². The second kappa shape index (κ2) is 7.58. The minimum Gasteiger partial charge on any atom is -0.396 e. The number of amides is 2. The summed E-state index contributed by atoms with van der Waals surface area (Å²) in [4.78, 5) is 22.3. The van der Waals surface area contributed by atoms with Crippen molar-refractivity contribution in [1.82, 2.24) is 5.32 Å². The van der Waals surface area contributed by atoms with Crippen LogP contribution < -0.4 is 10.6 Å². The van der Waals surface area contributed by atoms with Crippen LogP contribution in [-0.2, 0) is 0 Å². The van der Waals surface area contributed by atoms with Crippen molar-refractivity contribution in [3.8, 4) is 0 Å². The van der Waals surface area contributed by atoms with Crippen molar-refractivity contribution in [1.29, 1.82) is 0 Å². The molecule has 1 aromatic rings. The van der Waals surface area contributed by atoms with E-state index < -0.39 is 11.0 Å². The van der Waals surface area contributed by atoms with Crippen molar-refractivity contribution in [2.75, 3.05) is 18.5 Å². The van der Waals surface area contributed by atoms with E-state index >= 15 is 0 Å². The lowest BCUT2D eigenvalue weighted by molar-refractivity contribution is -0.385. The monoisotopic (exact) mass is 295 g/mol. The molecule has 116 valence electrons. The molecular formula is C14H21N3O4. The van der Waals surface area contributed by atoms with E-state index in [2.05, 4.69) is 10.6 Å². The first-order chi connectivity index (χ1) is 9.86. The Hall–Kier alpha value is -2.15. The highest BCUT2D eigenvalue weighted by Gasteiger charge is 2.17. The number of nitro benzene ring substituents is 1. The van der Waals surface area contributed by atoms with Gasteiger partial charge in [0, 0.05) is 19.2 Å². The average Bonchev–Trinajstić information content (AvgIpc) is 2.41. The number of aryl methyl sites for hydroxylation is 1. The van der Waals surface area contributed by atoms with Crippen LogP contribution in [0, 0.1) is 29.9 Å². The summed E-state index contributed by atoms with van der Waals surface area (Å²) in [5.41, 5.74) is 1.62. The van der Waals surface area contributed by atoms with Crippen LogP contribution in [0.3, 0.4) is 0 Å². The minimum absolute atomic E-state index is 0.0236. The molecule has 0 heterocycles. The summed E-state index contributed by atoms with van der Waals surface area (Å²) in [6.07, 6.45) is 0.606. The number of nitrogens with one attached hydrogen (secondary N) is 2. The molecule has 2 amide bonds. The molecule has 0 spiro atoms. The van der Waals surface area contributed by atoms with Gasteiger partial charge in [-0.1, -0.05) is 13.0 Å². The number of carbonyl (C=O) groups is 1. The Labute approximate surface area is 123 Å². The molecule has 3 N–H and O–H groups in total. The third-order valence-corrected chi connectivity index (χ3v) is 3.31. The van der Waals surface area contributed by atoms with Crippen LogP contribution in [0.15, 0.2) is 12.1 Å². The van der Waals surface area contributed by atoms with Gasteiger partial charge in [-0.2, -0.15) is 0 Å². The number of carbonyl (C=O) groups excluding carboxylic acids is 1. The van der Waals surface area contributed by atoms with E-state index in [9.17, 15) is 14.9 Å². The van der Waals surface area contributed by atoms with Gasteiger partial charge in [-0.3, -0.25) is 10.1 Å². The molecule has 0 aliphatic carbocycles. The van der Waals surface area contributed by atoms with E-state index in [0.717, 1.165) is 5.56 Å². The van der Waals surface area contributed by atoms with Gasteiger partial charge in [0.25, 0.3) is 5.69 Å². The maximum Gasteiger partial charge on any atom is 0.319 e. The van der Waals surface area contributed by atoms with Gasteiger partial charge in [0.1, 0.15) is 0 Å². The Bertz CT molecular complexity index is 531. The van der Waals surface area contributed by atoms with Gasteiger partial charge < -0.3 is 15.7 Å². The SMILES string of the molecule is Cc1ccc([N+](=O)[O-])c(C)c1NC(=O)NCC(C)CCO. The number of rotatable bonds is 6. The first-order valence-corrected chi connectivity index (χ1v) is 6.77. The van der Waals surface area contributed by atoms with Crippen LogP contribution >= 0.6 is 0 Å². The van der Waals surface area contributed by atoms with Gasteiger partial charge in [0.15, 0.2) is 0 Å². The zero-order chi connectivity index (χ0) is 16.0. The maximum atomic E-state index is 11.9. The molecule has 1 unspecified atom stereocenters. The van der Waals surface area contributed by atoms with E-state index in [1.54, 1.807) is 19.9 Å². The Morgan fingerprint density at radius 1 is 1.43 bits per heavy atom. The quantitative estimate of drug-likeness (QED) is 0.553. The van der Waals surface area contributed by atoms with Crippen molar-refractivity contribution in [2.24, 2.45) is 5.92 Å². The zero-order valence-corrected chi connectivity index (χ0v) is 12.5. The summed E-state index contributed by atoms with van der Waals surface area (Å²) in [5.74, 6) is 0.160. The summed E-state index contributed by atoms with van der Waals surface area (Å²) >= 11 is 0. The summed E-state index contributed by atoms with van der Waals surface area (Å²) in [6, 6.07) is 2.62. The number of aliphatic hydroxyl groups excluding tert-OH is 1. The van der Waals surface area contributed by atoms with Crippen molar-refractivity contribution >= 4 is 17.4 Å². The fraction of sp³-hybridized carbons (Fsp3) is 0.500. The lowest BCUT2D eigenvalue weighted by Gasteiger charge is -2.14. The molecule has 1 atom stereocenters. The number of nitrogens with zero attached hydrogens (tertiary/aromatic N) is 1. The number of hydrogen-bond donors (Lipinski definition) is 3. The molecule has 0 radical (unpaired) electrons. The number of aliphatic hydroxyl groups is 1. The molecule has 1 rings (SSSR count). The number of hydrogen-bond acceptors (Lipinski definition) is 4. The lowest BCUT2D eigenvalue weighted by Crippen LogP contribution is -2.33. The van der Waals surface area contributed by atoms with E-state index in [1.807, 2.05) is 6.92 Å². The molecule has 0 aliphatic heterocycles. The van der Waals surface area contributed by atoms with Crippen LogP contribution in [0.1, 0.15) is 24.5 Å². The molecule has 0 aromatic heterocycles. The molecule has 1 aromatic carbocycles. The first kappa shape index (κ1) is 16.9. The number of nitro groups is 1. The lowest BCUT2D eigenvalue weighted by atomic mass is 10.1. The Kier molecular flexibility index (Phi) is 6.10. The van der Waals surface area contributed by atoms with Crippen LogP contribution in [-0.4, -0.2) is 29.2 Å². The summed E-state index contributed by atoms with van der Waals surface area (Å²) < 4.78 is 0. The van der Waals surface area contributed by atoms with Gasteiger partial charge >= 0.3 is 6.03 Å². The first-order valence-electron chi connectivity index (χ1n) is 6.77. The normalized spacial score (nSPS) is 11.8. The summed E-state index contributed by atoms with van der Waals surface area (Å²) in [7, 11) is 0. The van der Waals surface area contributed by atoms with Crippen LogP contribution in [0.25, 0.3) is 0 Å². The minimum atomic E-state index is -0.471. The molecule has 0 aliphatic rings. The standard InChI is InChI=1S/C14H21N3O4/c1-9(6-7-18)8-15-14(19)16-13-10(2)4-5-12(11(13)3)17(20)21/h4-5,9,18H,6-8H2,1-3H3,(H2,15,16,19). The fourth-order valence-corrected chi connectivity index (χ4v) is 1.97. The van der Waals surface area contributed by atoms with Crippen LogP contribution in [0.2, 0.25) is 0 Å². The molecule has 7 heteroatoms. The molecular weight excluding hydrogens is 274 g/mol. The van der Waals surface area contributed by atoms with Gasteiger partial charge in [0.2, 0.25) is 0 Å². The van der Waals surface area contributed by atoms with Gasteiger partial charge in [0.05, 0.1) is 16.2 Å². The zero-order valence-electron chi connectivity index (χ0n) is 12.5. The van der Waals surface area contributed by atoms with Crippen molar-refractivity contribution < 1.29 is 14.8 Å². The number of anilines is 1. The van der Waals surface area contributed by atoms with E-state index in [4.69, 9.17) is 5.11 Å². The summed E-state index contributed by atoms with van der Waals surface area (Å²) in [5, 5.41) is 25.1. The van der Waals surface area contributed by atoms with Gasteiger partial charge in [-0.25, -0.2) is 4.79 Å². The third-order valence-electron chi connectivity index (χ3n) is 3.31. The molecule has 0 saturated carbocycles. The van der Waals surface area contributed by atoms with Crippen molar-refractivity contribution in [2.45, 2.75) is 27.2 Å². The predicted molar refractivity (Wildman–Crippen MR) is 80.5 cm³/mol. The number of benzene rings is 1. The average molecular weight is 295 g/mol. The van der Waals surface area contributed by atoms with Crippen LogP contribution in [0.5, 0.6) is 0 Å². The van der Waals surface area contributed by atoms with Gasteiger partial charge in [-0.05, 0) is 31.7 Å². The predicted octanol–water partition coefficient (Wildman–Crippen LogP) is 2.35. The highest BCUT2D eigenvalue weighted by molar-refractivity contribution is 5.91. The van der Waals surface area contributed by atoms with Crippen LogP contribution in [0.4, 0.5) is 16.2 Å². The van der Waals surface area contributed by atoms with Gasteiger partial charge in [-0.15, -0.1) is 0 Å². The van der Waals surface area contributed by atoms with E-state index in [1.165, 1.54) is 6.07 Å². The maximum absolute atomic E-state index is 11.9. The fourth-order valence-electron chi connectivity index (χ4n) is 1.97. The van der Waals surface area contributed by atoms with E-state index in [0.29, 0.717) is 24.2 Å². The second-order valence-corrected chi connectivity index (χ2v) is 5.11. The molecule has 0 fully saturated rings. The highest BCUT2D eigenvalue weighted by Crippen LogP contribution is 2.28. The molecule has 21 heavy (non-hydrogen) atoms. The summed E-state index contributed by atoms with van der Waals surface area (Å²) in [6.45, 7) is 5.81. The third kappa shape index (κ3) is 4.71. The molecule has 0 bridgehead atoms. The smallest absolute Gasteiger partial charge is 0.319 e. The van der Waals surface area contributed by atoms with Crippen molar-refractivity contribution in [3.63, 3.8) is 0 Å². The Morgan fingerprint density at radius 3 is 2.67 bits per heavy atom. The van der Waals surface area contributed by atoms with Crippen molar-refractivity contribution in [3.05, 3.63) is 33.4 Å². The Balaban J connectivity index is 2.76. The number of urea groups is 1. The molecule has 0 saturated heterocycles. The Morgan fingerprint density at radius 2 is 2.10 bits per heavy atom. The molecule has 7 nitrogen and oxygen atoms in total. The highest BCUT2D eigenvalue weighted by atomic mass is 16.6. The second-order valence-electron chi connectivity index (χ2n) is 5.11. The topological polar surface area (TPSA) is 105 Å². The largest absolute Gasteiger partial charge is 0.396 e.